The van der Waals surface area contributed by atoms with Gasteiger partial charge in [-0.1, -0.05) is 24.6 Å². The van der Waals surface area contributed by atoms with Gasteiger partial charge in [0.1, 0.15) is 6.54 Å². The molecule has 0 saturated heterocycles. The van der Waals surface area contributed by atoms with E-state index in [9.17, 15) is 24.5 Å². The van der Waals surface area contributed by atoms with Crippen LogP contribution < -0.4 is 16.6 Å². The second kappa shape index (κ2) is 8.32. The predicted molar refractivity (Wildman–Crippen MR) is 113 cm³/mol. The molecule has 156 valence electrons. The fourth-order valence-electron chi connectivity index (χ4n) is 3.18. The van der Waals surface area contributed by atoms with E-state index in [-0.39, 0.29) is 35.3 Å². The van der Waals surface area contributed by atoms with Gasteiger partial charge in [-0.25, -0.2) is 9.36 Å². The van der Waals surface area contributed by atoms with Gasteiger partial charge in [-0.2, -0.15) is 0 Å². The van der Waals surface area contributed by atoms with E-state index >= 15 is 0 Å². The van der Waals surface area contributed by atoms with Gasteiger partial charge in [0.25, 0.3) is 11.2 Å². The standard InChI is InChI=1S/C21H22N4O5/c1-4-14(3)22-19(26)12-23-18-9-8-13(2)10-17(18)20(27)24(21(23)28)15-6-5-7-16(11-15)25(29)30/h5-11,14H,4,12H2,1-3H3,(H,22,26)/t14-/m1/s1. The van der Waals surface area contributed by atoms with Crippen LogP contribution in [0.5, 0.6) is 0 Å². The largest absolute Gasteiger partial charge is 0.352 e. The molecule has 0 spiro atoms. The molecule has 3 rings (SSSR count). The number of non-ortho nitro benzene ring substituents is 1. The topological polar surface area (TPSA) is 116 Å². The second-order valence-corrected chi connectivity index (χ2v) is 7.18. The molecule has 3 aromatic rings. The van der Waals surface area contributed by atoms with E-state index in [1.54, 1.807) is 18.2 Å². The fourth-order valence-corrected chi connectivity index (χ4v) is 3.18. The van der Waals surface area contributed by atoms with Crippen LogP contribution >= 0.6 is 0 Å². The molecular formula is C21H22N4O5. The van der Waals surface area contributed by atoms with Gasteiger partial charge in [-0.3, -0.25) is 24.3 Å². The van der Waals surface area contributed by atoms with Crippen molar-refractivity contribution in [3.8, 4) is 5.69 Å². The maximum absolute atomic E-state index is 13.2. The van der Waals surface area contributed by atoms with Crippen LogP contribution in [-0.2, 0) is 11.3 Å². The van der Waals surface area contributed by atoms with Gasteiger partial charge in [0.15, 0.2) is 0 Å². The van der Waals surface area contributed by atoms with Crippen molar-refractivity contribution in [2.75, 3.05) is 0 Å². The summed E-state index contributed by atoms with van der Waals surface area (Å²) < 4.78 is 2.08. The van der Waals surface area contributed by atoms with Crippen LogP contribution in [0.1, 0.15) is 25.8 Å². The first kappa shape index (κ1) is 21.0. The Balaban J connectivity index is 2.27. The van der Waals surface area contributed by atoms with Gasteiger partial charge < -0.3 is 5.32 Å². The summed E-state index contributed by atoms with van der Waals surface area (Å²) in [6.07, 6.45) is 0.730. The summed E-state index contributed by atoms with van der Waals surface area (Å²) in [6, 6.07) is 10.2. The fraction of sp³-hybridized carbons (Fsp3) is 0.286. The summed E-state index contributed by atoms with van der Waals surface area (Å²) in [4.78, 5) is 49.4. The van der Waals surface area contributed by atoms with E-state index in [1.807, 2.05) is 20.8 Å². The number of nitro groups is 1. The van der Waals surface area contributed by atoms with Crippen LogP contribution in [0.4, 0.5) is 5.69 Å². The molecule has 0 bridgehead atoms. The summed E-state index contributed by atoms with van der Waals surface area (Å²) >= 11 is 0. The molecule has 1 heterocycles. The Morgan fingerprint density at radius 2 is 1.93 bits per heavy atom. The summed E-state index contributed by atoms with van der Waals surface area (Å²) in [6.45, 7) is 5.31. The van der Waals surface area contributed by atoms with Crippen LogP contribution in [-0.4, -0.2) is 26.0 Å². The molecule has 1 amide bonds. The molecule has 0 aliphatic rings. The molecule has 1 atom stereocenters. The normalized spacial score (nSPS) is 12.0. The number of carbonyl (C=O) groups excluding carboxylic acids is 1. The lowest BCUT2D eigenvalue weighted by molar-refractivity contribution is -0.384. The lowest BCUT2D eigenvalue weighted by atomic mass is 10.1. The minimum atomic E-state index is -0.740. The molecule has 1 aromatic heterocycles. The average Bonchev–Trinajstić information content (AvgIpc) is 2.71. The average molecular weight is 410 g/mol. The number of rotatable bonds is 6. The molecule has 9 nitrogen and oxygen atoms in total. The number of nitro benzene ring substituents is 1. The Kier molecular flexibility index (Phi) is 5.81. The van der Waals surface area contributed by atoms with E-state index in [1.165, 1.54) is 22.8 Å². The van der Waals surface area contributed by atoms with Gasteiger partial charge in [0, 0.05) is 18.2 Å². The maximum atomic E-state index is 13.2. The third-order valence-corrected chi connectivity index (χ3v) is 4.92. The van der Waals surface area contributed by atoms with Gasteiger partial charge in [0.2, 0.25) is 5.91 Å². The molecule has 0 aliphatic carbocycles. The highest BCUT2D eigenvalue weighted by molar-refractivity contribution is 5.82. The molecule has 0 unspecified atom stereocenters. The second-order valence-electron chi connectivity index (χ2n) is 7.18. The Morgan fingerprint density at radius 3 is 2.60 bits per heavy atom. The van der Waals surface area contributed by atoms with Crippen LogP contribution in [0.15, 0.2) is 52.1 Å². The van der Waals surface area contributed by atoms with E-state index in [0.717, 1.165) is 22.6 Å². The molecule has 0 saturated carbocycles. The first-order valence-electron chi connectivity index (χ1n) is 9.53. The number of hydrogen-bond donors (Lipinski definition) is 1. The number of nitrogens with one attached hydrogen (secondary N) is 1. The number of amides is 1. The van der Waals surface area contributed by atoms with E-state index in [0.29, 0.717) is 5.52 Å². The predicted octanol–water partition coefficient (Wildman–Crippen LogP) is 2.28. The Bertz CT molecular complexity index is 1260. The van der Waals surface area contributed by atoms with Crippen LogP contribution in [0.3, 0.4) is 0 Å². The van der Waals surface area contributed by atoms with E-state index in [2.05, 4.69) is 5.32 Å². The zero-order chi connectivity index (χ0) is 22.0. The highest BCUT2D eigenvalue weighted by Gasteiger charge is 2.18. The van der Waals surface area contributed by atoms with Crippen molar-refractivity contribution in [3.05, 3.63) is 79.0 Å². The molecule has 0 fully saturated rings. The number of benzene rings is 2. The van der Waals surface area contributed by atoms with Crippen molar-refractivity contribution in [3.63, 3.8) is 0 Å². The number of carbonyl (C=O) groups is 1. The lowest BCUT2D eigenvalue weighted by Crippen LogP contribution is -2.43. The number of aryl methyl sites for hydroxylation is 1. The van der Waals surface area contributed by atoms with Gasteiger partial charge >= 0.3 is 5.69 Å². The molecule has 30 heavy (non-hydrogen) atoms. The van der Waals surface area contributed by atoms with Gasteiger partial charge in [0.05, 0.1) is 21.5 Å². The number of fused-ring (bicyclic) bond motifs is 1. The maximum Gasteiger partial charge on any atom is 0.336 e. The minimum Gasteiger partial charge on any atom is -0.352 e. The van der Waals surface area contributed by atoms with Crippen molar-refractivity contribution >= 4 is 22.5 Å². The van der Waals surface area contributed by atoms with Crippen molar-refractivity contribution in [1.82, 2.24) is 14.5 Å². The molecule has 2 aromatic carbocycles. The summed E-state index contributed by atoms with van der Waals surface area (Å²) in [5.74, 6) is -0.363. The molecular weight excluding hydrogens is 388 g/mol. The van der Waals surface area contributed by atoms with Crippen molar-refractivity contribution in [1.29, 1.82) is 0 Å². The van der Waals surface area contributed by atoms with Gasteiger partial charge in [-0.05, 0) is 38.5 Å². The molecule has 0 aliphatic heterocycles. The number of hydrogen-bond acceptors (Lipinski definition) is 5. The SMILES string of the molecule is CC[C@@H](C)NC(=O)Cn1c(=O)n(-c2cccc([N+](=O)[O-])c2)c(=O)c2cc(C)ccc21. The Morgan fingerprint density at radius 1 is 1.20 bits per heavy atom. The minimum absolute atomic E-state index is 0.0654. The van der Waals surface area contributed by atoms with E-state index < -0.39 is 16.2 Å². The summed E-state index contributed by atoms with van der Waals surface area (Å²) in [5.41, 5.74) is -0.382. The van der Waals surface area contributed by atoms with Crippen molar-refractivity contribution in [2.24, 2.45) is 0 Å². The molecule has 9 heteroatoms. The lowest BCUT2D eigenvalue weighted by Gasteiger charge is -2.16. The first-order chi connectivity index (χ1) is 14.2. The Hall–Kier alpha value is -3.75. The number of nitrogens with zero attached hydrogens (tertiary/aromatic N) is 3. The van der Waals surface area contributed by atoms with E-state index in [4.69, 9.17) is 0 Å². The summed E-state index contributed by atoms with van der Waals surface area (Å²) in [5, 5.41) is 14.2. The smallest absolute Gasteiger partial charge is 0.336 e. The monoisotopic (exact) mass is 410 g/mol. The zero-order valence-corrected chi connectivity index (χ0v) is 16.9. The highest BCUT2D eigenvalue weighted by atomic mass is 16.6. The first-order valence-corrected chi connectivity index (χ1v) is 9.53. The third-order valence-electron chi connectivity index (χ3n) is 4.92. The molecule has 1 N–H and O–H groups in total. The van der Waals surface area contributed by atoms with Crippen LogP contribution in [0.2, 0.25) is 0 Å². The Labute approximate surface area is 171 Å². The van der Waals surface area contributed by atoms with Crippen LogP contribution in [0, 0.1) is 17.0 Å². The highest BCUT2D eigenvalue weighted by Crippen LogP contribution is 2.16. The van der Waals surface area contributed by atoms with Crippen molar-refractivity contribution in [2.45, 2.75) is 39.8 Å². The zero-order valence-electron chi connectivity index (χ0n) is 16.9. The third kappa shape index (κ3) is 4.00. The van der Waals surface area contributed by atoms with Gasteiger partial charge in [-0.15, -0.1) is 0 Å². The van der Waals surface area contributed by atoms with Crippen molar-refractivity contribution < 1.29 is 9.72 Å². The summed E-state index contributed by atoms with van der Waals surface area (Å²) in [7, 11) is 0. The quantitative estimate of drug-likeness (QED) is 0.494. The number of aromatic nitrogens is 2. The molecule has 0 radical (unpaired) electrons. The van der Waals surface area contributed by atoms with Crippen LogP contribution in [0.25, 0.3) is 16.6 Å².